The van der Waals surface area contributed by atoms with Crippen molar-refractivity contribution in [3.05, 3.63) is 34.9 Å². The Kier molecular flexibility index (Phi) is 4.58. The highest BCUT2D eigenvalue weighted by Gasteiger charge is 2.27. The minimum absolute atomic E-state index is 0.0481. The van der Waals surface area contributed by atoms with E-state index in [0.29, 0.717) is 6.29 Å². The van der Waals surface area contributed by atoms with Crippen LogP contribution in [0.15, 0.2) is 18.2 Å². The van der Waals surface area contributed by atoms with Crippen molar-refractivity contribution < 1.29 is 24.6 Å². The molecule has 5 nitrogen and oxygen atoms in total. The van der Waals surface area contributed by atoms with Crippen LogP contribution in [0.4, 0.5) is 0 Å². The van der Waals surface area contributed by atoms with E-state index in [0.717, 1.165) is 0 Å². The van der Waals surface area contributed by atoms with Gasteiger partial charge in [-0.25, -0.2) is 4.79 Å². The molecule has 6 heteroatoms. The topological polar surface area (TPSA) is 91.7 Å². The number of aliphatic carboxylic acids is 1. The number of ketones is 1. The highest BCUT2D eigenvalue weighted by Crippen LogP contribution is 2.24. The number of aliphatic hydroxyl groups is 1. The molecule has 0 aliphatic rings. The predicted molar refractivity (Wildman–Crippen MR) is 64.1 cm³/mol. The van der Waals surface area contributed by atoms with E-state index in [1.807, 2.05) is 0 Å². The maximum Gasteiger partial charge on any atom is 0.337 e. The molecule has 1 aromatic carbocycles. The second-order valence-electron chi connectivity index (χ2n) is 3.65. The Hall–Kier alpha value is -1.72. The highest BCUT2D eigenvalue weighted by atomic mass is 35.5. The molecule has 2 N–H and O–H groups in total. The number of halogens is 1. The van der Waals surface area contributed by atoms with Crippen LogP contribution in [0.1, 0.15) is 39.3 Å². The van der Waals surface area contributed by atoms with E-state index < -0.39 is 23.2 Å². The molecule has 2 unspecified atom stereocenters. The SMILES string of the molecule is CC(Cl)C(=O)c1cccc(C=O)c1C(O)C(=O)O. The number of carboxylic acids is 1. The van der Waals surface area contributed by atoms with E-state index in [1.165, 1.54) is 25.1 Å². The summed E-state index contributed by atoms with van der Waals surface area (Å²) in [5.41, 5.74) is -0.331. The first-order chi connectivity index (χ1) is 8.40. The van der Waals surface area contributed by atoms with Gasteiger partial charge < -0.3 is 10.2 Å². The normalized spacial score (nSPS) is 13.7. The van der Waals surface area contributed by atoms with Crippen LogP contribution >= 0.6 is 11.6 Å². The van der Waals surface area contributed by atoms with Gasteiger partial charge in [0.2, 0.25) is 0 Å². The molecule has 96 valence electrons. The van der Waals surface area contributed by atoms with Crippen molar-refractivity contribution >= 4 is 29.6 Å². The predicted octanol–water partition coefficient (Wildman–Crippen LogP) is 1.43. The van der Waals surface area contributed by atoms with E-state index in [1.54, 1.807) is 0 Å². The minimum atomic E-state index is -1.94. The second kappa shape index (κ2) is 5.75. The first-order valence-electron chi connectivity index (χ1n) is 5.07. The molecular weight excluding hydrogens is 260 g/mol. The van der Waals surface area contributed by atoms with E-state index in [2.05, 4.69) is 0 Å². The fourth-order valence-electron chi connectivity index (χ4n) is 1.54. The van der Waals surface area contributed by atoms with Crippen LogP contribution in [0, 0.1) is 0 Å². The molecule has 0 aromatic heterocycles. The van der Waals surface area contributed by atoms with Gasteiger partial charge in [-0.3, -0.25) is 9.59 Å². The largest absolute Gasteiger partial charge is 0.479 e. The van der Waals surface area contributed by atoms with Gasteiger partial charge in [0.25, 0.3) is 0 Å². The minimum Gasteiger partial charge on any atom is -0.479 e. The van der Waals surface area contributed by atoms with Crippen LogP contribution in [-0.2, 0) is 4.79 Å². The molecule has 0 aliphatic carbocycles. The third-order valence-electron chi connectivity index (χ3n) is 2.40. The summed E-state index contributed by atoms with van der Waals surface area (Å²) in [5.74, 6) is -2.09. The van der Waals surface area contributed by atoms with Gasteiger partial charge in [0.15, 0.2) is 11.9 Å². The van der Waals surface area contributed by atoms with Crippen molar-refractivity contribution in [2.75, 3.05) is 0 Å². The van der Waals surface area contributed by atoms with Gasteiger partial charge >= 0.3 is 5.97 Å². The van der Waals surface area contributed by atoms with Crippen LogP contribution < -0.4 is 0 Å². The summed E-state index contributed by atoms with van der Waals surface area (Å²) in [6, 6.07) is 4.08. The van der Waals surface area contributed by atoms with Gasteiger partial charge in [0.1, 0.15) is 6.29 Å². The summed E-state index contributed by atoms with van der Waals surface area (Å²) in [7, 11) is 0. The lowest BCUT2D eigenvalue weighted by Crippen LogP contribution is -2.20. The Labute approximate surface area is 108 Å². The molecule has 2 atom stereocenters. The first kappa shape index (κ1) is 14.3. The molecule has 0 saturated heterocycles. The number of hydrogen-bond acceptors (Lipinski definition) is 4. The van der Waals surface area contributed by atoms with Crippen molar-refractivity contribution in [2.45, 2.75) is 18.4 Å². The van der Waals surface area contributed by atoms with Gasteiger partial charge in [0, 0.05) is 16.7 Å². The van der Waals surface area contributed by atoms with Crippen molar-refractivity contribution in [1.82, 2.24) is 0 Å². The van der Waals surface area contributed by atoms with E-state index in [4.69, 9.17) is 16.7 Å². The lowest BCUT2D eigenvalue weighted by molar-refractivity contribution is -0.146. The summed E-state index contributed by atoms with van der Waals surface area (Å²) in [5, 5.41) is 17.5. The number of alkyl halides is 1. The van der Waals surface area contributed by atoms with Crippen molar-refractivity contribution in [1.29, 1.82) is 0 Å². The summed E-state index contributed by atoms with van der Waals surface area (Å²) in [6.07, 6.45) is -1.56. The Bertz CT molecular complexity index is 495. The number of aliphatic hydroxyl groups excluding tert-OH is 1. The summed E-state index contributed by atoms with van der Waals surface area (Å²) in [6.45, 7) is 1.43. The zero-order valence-corrected chi connectivity index (χ0v) is 10.2. The quantitative estimate of drug-likeness (QED) is 0.480. The highest BCUT2D eigenvalue weighted by molar-refractivity contribution is 6.33. The third kappa shape index (κ3) is 2.75. The maximum atomic E-state index is 11.8. The second-order valence-corrected chi connectivity index (χ2v) is 4.30. The lowest BCUT2D eigenvalue weighted by Gasteiger charge is -2.14. The monoisotopic (exact) mass is 270 g/mol. The van der Waals surface area contributed by atoms with Gasteiger partial charge in [-0.1, -0.05) is 18.2 Å². The Morgan fingerprint density at radius 2 is 2.00 bits per heavy atom. The van der Waals surface area contributed by atoms with E-state index >= 15 is 0 Å². The first-order valence-corrected chi connectivity index (χ1v) is 5.51. The number of benzene rings is 1. The maximum absolute atomic E-state index is 11.8. The molecule has 18 heavy (non-hydrogen) atoms. The molecule has 0 radical (unpaired) electrons. The smallest absolute Gasteiger partial charge is 0.337 e. The fraction of sp³-hybridized carbons (Fsp3) is 0.250. The fourth-order valence-corrected chi connectivity index (χ4v) is 1.66. The van der Waals surface area contributed by atoms with Crippen LogP contribution in [0.25, 0.3) is 0 Å². The summed E-state index contributed by atoms with van der Waals surface area (Å²) < 4.78 is 0. The van der Waals surface area contributed by atoms with Gasteiger partial charge in [-0.05, 0) is 6.92 Å². The average molecular weight is 271 g/mol. The van der Waals surface area contributed by atoms with Crippen molar-refractivity contribution in [3.63, 3.8) is 0 Å². The molecule has 0 amide bonds. The molecule has 0 bridgehead atoms. The number of carboxylic acid groups (broad SMARTS) is 1. The van der Waals surface area contributed by atoms with Gasteiger partial charge in [-0.15, -0.1) is 11.6 Å². The van der Waals surface area contributed by atoms with E-state index in [-0.39, 0.29) is 16.7 Å². The van der Waals surface area contributed by atoms with Gasteiger partial charge in [0.05, 0.1) is 5.38 Å². The van der Waals surface area contributed by atoms with Crippen LogP contribution in [-0.4, -0.2) is 33.6 Å². The standard InChI is InChI=1S/C12H11ClO5/c1-6(13)10(15)8-4-2-3-7(5-14)9(8)11(16)12(17)18/h2-6,11,16H,1H3,(H,17,18). The summed E-state index contributed by atoms with van der Waals surface area (Å²) in [4.78, 5) is 33.5. The molecular formula is C12H11ClO5. The zero-order chi connectivity index (χ0) is 13.9. The van der Waals surface area contributed by atoms with Crippen molar-refractivity contribution in [2.24, 2.45) is 0 Å². The molecule has 0 heterocycles. The number of Topliss-reactive ketones (excluding diaryl/α,β-unsaturated/α-hetero) is 1. The molecule has 0 aliphatic heterocycles. The molecule has 1 rings (SSSR count). The van der Waals surface area contributed by atoms with E-state index in [9.17, 15) is 19.5 Å². The van der Waals surface area contributed by atoms with Crippen LogP contribution in [0.2, 0.25) is 0 Å². The molecule has 1 aromatic rings. The number of carbonyl (C=O) groups is 3. The molecule has 0 spiro atoms. The average Bonchev–Trinajstić information content (AvgIpc) is 2.35. The lowest BCUT2D eigenvalue weighted by atomic mass is 9.93. The number of rotatable bonds is 5. The van der Waals surface area contributed by atoms with Crippen molar-refractivity contribution in [3.8, 4) is 0 Å². The Balaban J connectivity index is 3.47. The number of aldehydes is 1. The molecule has 0 saturated carbocycles. The number of carbonyl (C=O) groups excluding carboxylic acids is 2. The van der Waals surface area contributed by atoms with Gasteiger partial charge in [-0.2, -0.15) is 0 Å². The zero-order valence-electron chi connectivity index (χ0n) is 9.46. The summed E-state index contributed by atoms with van der Waals surface area (Å²) >= 11 is 5.65. The van der Waals surface area contributed by atoms with Crippen LogP contribution in [0.3, 0.4) is 0 Å². The van der Waals surface area contributed by atoms with Crippen LogP contribution in [0.5, 0.6) is 0 Å². The third-order valence-corrected chi connectivity index (χ3v) is 2.60. The molecule has 0 fully saturated rings. The Morgan fingerprint density at radius 1 is 1.39 bits per heavy atom. The number of hydrogen-bond donors (Lipinski definition) is 2. The Morgan fingerprint density at radius 3 is 2.44 bits per heavy atom.